The predicted octanol–water partition coefficient (Wildman–Crippen LogP) is 4.47. The van der Waals surface area contributed by atoms with Gasteiger partial charge < -0.3 is 9.84 Å². The Morgan fingerprint density at radius 3 is 2.60 bits per heavy atom. The van der Waals surface area contributed by atoms with Crippen LogP contribution in [0, 0.1) is 5.82 Å². The fraction of sp³-hybridized carbons (Fsp3) is 0.125. The molecular formula is C16H12BrFO2. The number of aromatic hydroxyl groups is 1. The molecule has 1 N–H and O–H groups in total. The Morgan fingerprint density at radius 1 is 1.10 bits per heavy atom. The van der Waals surface area contributed by atoms with E-state index in [9.17, 15) is 9.50 Å². The highest BCUT2D eigenvalue weighted by atomic mass is 79.9. The monoisotopic (exact) mass is 334 g/mol. The van der Waals surface area contributed by atoms with E-state index < -0.39 is 0 Å². The highest BCUT2D eigenvalue weighted by Crippen LogP contribution is 2.39. The Kier molecular flexibility index (Phi) is 3.49. The fourth-order valence-corrected chi connectivity index (χ4v) is 2.89. The van der Waals surface area contributed by atoms with Crippen LogP contribution in [0.5, 0.6) is 11.5 Å². The molecule has 0 spiro atoms. The molecular weight excluding hydrogens is 323 g/mol. The van der Waals surface area contributed by atoms with E-state index in [1.54, 1.807) is 18.2 Å². The van der Waals surface area contributed by atoms with Crippen molar-refractivity contribution < 1.29 is 14.2 Å². The Morgan fingerprint density at radius 2 is 1.85 bits per heavy atom. The van der Waals surface area contributed by atoms with Crippen molar-refractivity contribution in [1.29, 1.82) is 0 Å². The summed E-state index contributed by atoms with van der Waals surface area (Å²) in [5, 5.41) is 9.41. The van der Waals surface area contributed by atoms with Crippen LogP contribution in [-0.4, -0.2) is 11.7 Å². The molecule has 2 aromatic carbocycles. The SMILES string of the molecule is Oc1ccc(C2=C(Br)CCOc3cc(F)ccc32)cc1. The molecule has 0 aliphatic carbocycles. The van der Waals surface area contributed by atoms with E-state index in [2.05, 4.69) is 15.9 Å². The molecule has 20 heavy (non-hydrogen) atoms. The quantitative estimate of drug-likeness (QED) is 0.833. The van der Waals surface area contributed by atoms with Gasteiger partial charge in [0.15, 0.2) is 0 Å². The lowest BCUT2D eigenvalue weighted by atomic mass is 9.96. The molecule has 1 aliphatic heterocycles. The first-order valence-electron chi connectivity index (χ1n) is 6.26. The maximum atomic E-state index is 13.4. The van der Waals surface area contributed by atoms with Gasteiger partial charge in [0, 0.05) is 28.1 Å². The second-order valence-electron chi connectivity index (χ2n) is 4.57. The number of fused-ring (bicyclic) bond motifs is 1. The summed E-state index contributed by atoms with van der Waals surface area (Å²) < 4.78 is 20.0. The van der Waals surface area contributed by atoms with Crippen molar-refractivity contribution >= 4 is 21.5 Å². The molecule has 0 unspecified atom stereocenters. The molecule has 3 rings (SSSR count). The number of rotatable bonds is 1. The first-order chi connectivity index (χ1) is 9.65. The van der Waals surface area contributed by atoms with E-state index in [1.807, 2.05) is 12.1 Å². The Balaban J connectivity index is 2.19. The maximum Gasteiger partial charge on any atom is 0.130 e. The summed E-state index contributed by atoms with van der Waals surface area (Å²) in [6.07, 6.45) is 0.715. The lowest BCUT2D eigenvalue weighted by Crippen LogP contribution is -1.96. The second-order valence-corrected chi connectivity index (χ2v) is 5.52. The summed E-state index contributed by atoms with van der Waals surface area (Å²) in [5.74, 6) is 0.448. The first-order valence-corrected chi connectivity index (χ1v) is 7.05. The number of phenols is 1. The van der Waals surface area contributed by atoms with Crippen LogP contribution >= 0.6 is 15.9 Å². The van der Waals surface area contributed by atoms with Gasteiger partial charge in [-0.2, -0.15) is 0 Å². The minimum atomic E-state index is -0.313. The zero-order chi connectivity index (χ0) is 14.1. The second kappa shape index (κ2) is 5.29. The molecule has 1 aliphatic rings. The van der Waals surface area contributed by atoms with E-state index in [4.69, 9.17) is 4.74 Å². The zero-order valence-corrected chi connectivity index (χ0v) is 12.2. The van der Waals surface area contributed by atoms with Gasteiger partial charge >= 0.3 is 0 Å². The average molecular weight is 335 g/mol. The Bertz CT molecular complexity index is 677. The number of hydrogen-bond acceptors (Lipinski definition) is 2. The normalized spacial score (nSPS) is 14.5. The predicted molar refractivity (Wildman–Crippen MR) is 79.6 cm³/mol. The summed E-state index contributed by atoms with van der Waals surface area (Å²) in [7, 11) is 0. The molecule has 4 heteroatoms. The minimum absolute atomic E-state index is 0.217. The number of ether oxygens (including phenoxy) is 1. The smallest absolute Gasteiger partial charge is 0.130 e. The number of phenolic OH excluding ortho intramolecular Hbond substituents is 1. The van der Waals surface area contributed by atoms with Crippen molar-refractivity contribution in [2.24, 2.45) is 0 Å². The molecule has 0 aromatic heterocycles. The van der Waals surface area contributed by atoms with Crippen LogP contribution < -0.4 is 4.74 Å². The van der Waals surface area contributed by atoms with E-state index in [0.29, 0.717) is 18.8 Å². The van der Waals surface area contributed by atoms with Gasteiger partial charge in [0.1, 0.15) is 17.3 Å². The van der Waals surface area contributed by atoms with Gasteiger partial charge in [-0.3, -0.25) is 0 Å². The fourth-order valence-electron chi connectivity index (χ4n) is 2.28. The molecule has 2 nitrogen and oxygen atoms in total. The maximum absolute atomic E-state index is 13.4. The highest BCUT2D eigenvalue weighted by Gasteiger charge is 2.19. The molecule has 2 aromatic rings. The summed E-state index contributed by atoms with van der Waals surface area (Å²) >= 11 is 3.59. The van der Waals surface area contributed by atoms with Crippen LogP contribution in [-0.2, 0) is 0 Å². The third-order valence-electron chi connectivity index (χ3n) is 3.22. The van der Waals surface area contributed by atoms with Gasteiger partial charge in [-0.25, -0.2) is 4.39 Å². The molecule has 0 radical (unpaired) electrons. The van der Waals surface area contributed by atoms with Gasteiger partial charge in [-0.1, -0.05) is 28.1 Å². The molecule has 0 fully saturated rings. The number of halogens is 2. The van der Waals surface area contributed by atoms with Crippen LogP contribution in [0.3, 0.4) is 0 Å². The molecule has 102 valence electrons. The van der Waals surface area contributed by atoms with Crippen LogP contribution in [0.2, 0.25) is 0 Å². The van der Waals surface area contributed by atoms with Crippen molar-refractivity contribution in [2.75, 3.05) is 6.61 Å². The van der Waals surface area contributed by atoms with E-state index in [0.717, 1.165) is 21.2 Å². The van der Waals surface area contributed by atoms with Crippen LogP contribution in [0.1, 0.15) is 17.5 Å². The largest absolute Gasteiger partial charge is 0.508 e. The van der Waals surface area contributed by atoms with Crippen molar-refractivity contribution in [2.45, 2.75) is 6.42 Å². The third-order valence-corrected chi connectivity index (χ3v) is 4.01. The lowest BCUT2D eigenvalue weighted by Gasteiger charge is -2.12. The van der Waals surface area contributed by atoms with Gasteiger partial charge in [0.05, 0.1) is 6.61 Å². The molecule has 0 amide bonds. The van der Waals surface area contributed by atoms with E-state index in [-0.39, 0.29) is 11.6 Å². The molecule has 0 bridgehead atoms. The number of hydrogen-bond donors (Lipinski definition) is 1. The third kappa shape index (κ3) is 2.43. The first kappa shape index (κ1) is 13.2. The van der Waals surface area contributed by atoms with Gasteiger partial charge in [0.2, 0.25) is 0 Å². The Labute approximate surface area is 124 Å². The topological polar surface area (TPSA) is 29.5 Å². The summed E-state index contributed by atoms with van der Waals surface area (Å²) in [6.45, 7) is 0.499. The van der Waals surface area contributed by atoms with Crippen LogP contribution in [0.15, 0.2) is 46.9 Å². The van der Waals surface area contributed by atoms with Crippen molar-refractivity contribution in [3.05, 3.63) is 63.9 Å². The minimum Gasteiger partial charge on any atom is -0.508 e. The van der Waals surface area contributed by atoms with Crippen LogP contribution in [0.25, 0.3) is 5.57 Å². The Hall–Kier alpha value is -1.81. The lowest BCUT2D eigenvalue weighted by molar-refractivity contribution is 0.324. The van der Waals surface area contributed by atoms with Gasteiger partial charge in [-0.05, 0) is 29.8 Å². The summed E-state index contributed by atoms with van der Waals surface area (Å²) in [6, 6.07) is 11.5. The highest BCUT2D eigenvalue weighted by molar-refractivity contribution is 9.11. The average Bonchev–Trinajstić information content (AvgIpc) is 2.58. The van der Waals surface area contributed by atoms with Gasteiger partial charge in [-0.15, -0.1) is 0 Å². The standard InChI is InChI=1S/C16H12BrFO2/c17-14-7-8-20-15-9-11(18)3-6-13(15)16(14)10-1-4-12(19)5-2-10/h1-6,9,19H,7-8H2. The summed E-state index contributed by atoms with van der Waals surface area (Å²) in [4.78, 5) is 0. The van der Waals surface area contributed by atoms with E-state index in [1.165, 1.54) is 12.1 Å². The molecule has 0 atom stereocenters. The number of benzene rings is 2. The van der Waals surface area contributed by atoms with Crippen molar-refractivity contribution in [3.8, 4) is 11.5 Å². The van der Waals surface area contributed by atoms with E-state index >= 15 is 0 Å². The molecule has 0 saturated heterocycles. The zero-order valence-electron chi connectivity index (χ0n) is 10.6. The van der Waals surface area contributed by atoms with Crippen molar-refractivity contribution in [1.82, 2.24) is 0 Å². The molecule has 0 saturated carbocycles. The van der Waals surface area contributed by atoms with Crippen molar-refractivity contribution in [3.63, 3.8) is 0 Å². The van der Waals surface area contributed by atoms with Gasteiger partial charge in [0.25, 0.3) is 0 Å². The molecule has 1 heterocycles. The summed E-state index contributed by atoms with van der Waals surface area (Å²) in [5.41, 5.74) is 2.77. The van der Waals surface area contributed by atoms with Crippen LogP contribution in [0.4, 0.5) is 4.39 Å².